The Labute approximate surface area is 175 Å². The lowest BCUT2D eigenvalue weighted by Gasteiger charge is -2.31. The van der Waals surface area contributed by atoms with Crippen molar-refractivity contribution in [3.05, 3.63) is 83.4 Å². The SMILES string of the molecule is CCCCOC[C@@H](C(=O)C1=CCCC1)N(Cc1ccccc1)Cc1ccccc1. The predicted octanol–water partition coefficient (Wildman–Crippen LogP) is 5.55. The number of carbonyl (C=O) groups excluding carboxylic acids is 1. The van der Waals surface area contributed by atoms with Crippen LogP contribution in [0.25, 0.3) is 0 Å². The lowest BCUT2D eigenvalue weighted by molar-refractivity contribution is -0.123. The number of nitrogens with zero attached hydrogens (tertiary/aromatic N) is 1. The molecule has 0 heterocycles. The van der Waals surface area contributed by atoms with Crippen LogP contribution in [0.15, 0.2) is 72.3 Å². The Kier molecular flexibility index (Phi) is 8.66. The van der Waals surface area contributed by atoms with Gasteiger partial charge in [0.25, 0.3) is 0 Å². The van der Waals surface area contributed by atoms with Crippen molar-refractivity contribution in [2.45, 2.75) is 58.2 Å². The smallest absolute Gasteiger partial charge is 0.178 e. The van der Waals surface area contributed by atoms with Crippen LogP contribution in [0, 0.1) is 0 Å². The van der Waals surface area contributed by atoms with Gasteiger partial charge in [0.1, 0.15) is 0 Å². The minimum atomic E-state index is -0.253. The molecule has 0 N–H and O–H groups in total. The van der Waals surface area contributed by atoms with Crippen molar-refractivity contribution in [3.63, 3.8) is 0 Å². The Morgan fingerprint density at radius 3 is 2.14 bits per heavy atom. The van der Waals surface area contributed by atoms with Gasteiger partial charge in [0.2, 0.25) is 0 Å². The number of rotatable bonds is 12. The van der Waals surface area contributed by atoms with Gasteiger partial charge in [-0.3, -0.25) is 9.69 Å². The van der Waals surface area contributed by atoms with Gasteiger partial charge >= 0.3 is 0 Å². The molecule has 0 aliphatic heterocycles. The second-order valence-corrected chi connectivity index (χ2v) is 7.81. The van der Waals surface area contributed by atoms with E-state index in [4.69, 9.17) is 4.74 Å². The molecule has 3 heteroatoms. The van der Waals surface area contributed by atoms with Crippen molar-refractivity contribution in [2.75, 3.05) is 13.2 Å². The van der Waals surface area contributed by atoms with Gasteiger partial charge < -0.3 is 4.74 Å². The molecule has 1 aliphatic rings. The van der Waals surface area contributed by atoms with E-state index in [9.17, 15) is 4.79 Å². The van der Waals surface area contributed by atoms with E-state index in [1.54, 1.807) is 0 Å². The van der Waals surface area contributed by atoms with Crippen molar-refractivity contribution in [2.24, 2.45) is 0 Å². The summed E-state index contributed by atoms with van der Waals surface area (Å²) < 4.78 is 5.98. The maximum Gasteiger partial charge on any atom is 0.178 e. The number of benzene rings is 2. The van der Waals surface area contributed by atoms with Crippen LogP contribution in [0.3, 0.4) is 0 Å². The summed E-state index contributed by atoms with van der Waals surface area (Å²) in [5.74, 6) is 0.242. The molecule has 154 valence electrons. The Bertz CT molecular complexity index is 728. The highest BCUT2D eigenvalue weighted by Crippen LogP contribution is 2.23. The summed E-state index contributed by atoms with van der Waals surface area (Å²) in [6.45, 7) is 4.79. The molecule has 1 atom stereocenters. The Hall–Kier alpha value is -2.23. The molecule has 0 radical (unpaired) electrons. The predicted molar refractivity (Wildman–Crippen MR) is 119 cm³/mol. The summed E-state index contributed by atoms with van der Waals surface area (Å²) in [6, 6.07) is 20.6. The van der Waals surface area contributed by atoms with Crippen LogP contribution in [0.5, 0.6) is 0 Å². The molecule has 0 saturated heterocycles. The number of ether oxygens (including phenoxy) is 1. The van der Waals surface area contributed by atoms with E-state index in [1.165, 1.54) is 11.1 Å². The van der Waals surface area contributed by atoms with E-state index in [0.29, 0.717) is 13.2 Å². The third-order valence-electron chi connectivity index (χ3n) is 5.48. The third-order valence-corrected chi connectivity index (χ3v) is 5.48. The van der Waals surface area contributed by atoms with Crippen LogP contribution in [-0.4, -0.2) is 29.9 Å². The Balaban J connectivity index is 1.83. The van der Waals surface area contributed by atoms with E-state index >= 15 is 0 Å². The first-order valence-corrected chi connectivity index (χ1v) is 10.9. The fraction of sp³-hybridized carbons (Fsp3) is 0.423. The lowest BCUT2D eigenvalue weighted by atomic mass is 10.0. The summed E-state index contributed by atoms with van der Waals surface area (Å²) in [5, 5.41) is 0. The quantitative estimate of drug-likeness (QED) is 0.444. The molecule has 0 fully saturated rings. The van der Waals surface area contributed by atoms with E-state index in [2.05, 4.69) is 66.4 Å². The summed E-state index contributed by atoms with van der Waals surface area (Å²) in [7, 11) is 0. The molecular weight excluding hydrogens is 358 g/mol. The molecule has 0 spiro atoms. The fourth-order valence-corrected chi connectivity index (χ4v) is 3.81. The Morgan fingerprint density at radius 2 is 1.62 bits per heavy atom. The van der Waals surface area contributed by atoms with Crippen molar-refractivity contribution in [1.29, 1.82) is 0 Å². The number of unbranched alkanes of at least 4 members (excludes halogenated alkanes) is 1. The van der Waals surface area contributed by atoms with Crippen molar-refractivity contribution >= 4 is 5.78 Å². The van der Waals surface area contributed by atoms with Crippen molar-refractivity contribution < 1.29 is 9.53 Å². The number of hydrogen-bond donors (Lipinski definition) is 0. The summed E-state index contributed by atoms with van der Waals surface area (Å²) in [4.78, 5) is 15.7. The van der Waals surface area contributed by atoms with Crippen LogP contribution in [0.2, 0.25) is 0 Å². The first-order chi connectivity index (χ1) is 14.3. The molecule has 0 unspecified atom stereocenters. The zero-order valence-electron chi connectivity index (χ0n) is 17.6. The zero-order chi connectivity index (χ0) is 20.3. The largest absolute Gasteiger partial charge is 0.379 e. The fourth-order valence-electron chi connectivity index (χ4n) is 3.81. The Morgan fingerprint density at radius 1 is 1.00 bits per heavy atom. The monoisotopic (exact) mass is 391 g/mol. The molecule has 1 aliphatic carbocycles. The van der Waals surface area contributed by atoms with Crippen LogP contribution in [-0.2, 0) is 22.6 Å². The van der Waals surface area contributed by atoms with Gasteiger partial charge in [-0.25, -0.2) is 0 Å². The van der Waals surface area contributed by atoms with Crippen LogP contribution in [0.4, 0.5) is 0 Å². The zero-order valence-corrected chi connectivity index (χ0v) is 17.6. The molecule has 2 aromatic carbocycles. The summed E-state index contributed by atoms with van der Waals surface area (Å²) >= 11 is 0. The standard InChI is InChI=1S/C26H33NO2/c1-2-3-18-29-21-25(26(28)24-16-10-11-17-24)27(19-22-12-6-4-7-13-22)20-23-14-8-5-9-15-23/h4-9,12-16,25H,2-3,10-11,17-21H2,1H3/t25-/m0/s1. The lowest BCUT2D eigenvalue weighted by Crippen LogP contribution is -2.44. The summed E-state index contributed by atoms with van der Waals surface area (Å²) in [6.07, 6.45) is 7.26. The second-order valence-electron chi connectivity index (χ2n) is 7.81. The molecule has 0 saturated carbocycles. The number of carbonyl (C=O) groups is 1. The molecular formula is C26H33NO2. The van der Waals surface area contributed by atoms with Gasteiger partial charge in [0.05, 0.1) is 12.6 Å². The van der Waals surface area contributed by atoms with Gasteiger partial charge in [-0.2, -0.15) is 0 Å². The number of allylic oxidation sites excluding steroid dienone is 1. The van der Waals surface area contributed by atoms with Gasteiger partial charge in [-0.1, -0.05) is 80.1 Å². The molecule has 0 amide bonds. The number of hydrogen-bond acceptors (Lipinski definition) is 3. The van der Waals surface area contributed by atoms with Crippen LogP contribution >= 0.6 is 0 Å². The highest BCUT2D eigenvalue weighted by molar-refractivity contribution is 5.99. The number of ketones is 1. The minimum Gasteiger partial charge on any atom is -0.379 e. The van der Waals surface area contributed by atoms with Crippen molar-refractivity contribution in [1.82, 2.24) is 4.90 Å². The van der Waals surface area contributed by atoms with E-state index < -0.39 is 0 Å². The highest BCUT2D eigenvalue weighted by atomic mass is 16.5. The minimum absolute atomic E-state index is 0.242. The van der Waals surface area contributed by atoms with Crippen LogP contribution in [0.1, 0.15) is 50.2 Å². The third kappa shape index (κ3) is 6.66. The molecule has 2 aromatic rings. The first kappa shape index (κ1) is 21.5. The van der Waals surface area contributed by atoms with Gasteiger partial charge in [-0.05, 0) is 42.4 Å². The molecule has 29 heavy (non-hydrogen) atoms. The van der Waals surface area contributed by atoms with E-state index in [0.717, 1.165) is 50.8 Å². The average Bonchev–Trinajstić information content (AvgIpc) is 3.30. The highest BCUT2D eigenvalue weighted by Gasteiger charge is 2.29. The van der Waals surface area contributed by atoms with Crippen molar-refractivity contribution in [3.8, 4) is 0 Å². The molecule has 3 nitrogen and oxygen atoms in total. The van der Waals surface area contributed by atoms with E-state index in [-0.39, 0.29) is 11.8 Å². The molecule has 0 aromatic heterocycles. The van der Waals surface area contributed by atoms with Gasteiger partial charge in [0.15, 0.2) is 5.78 Å². The van der Waals surface area contributed by atoms with Gasteiger partial charge in [-0.15, -0.1) is 0 Å². The average molecular weight is 392 g/mol. The maximum atomic E-state index is 13.4. The first-order valence-electron chi connectivity index (χ1n) is 10.9. The number of Topliss-reactive ketones (excluding diaryl/α,β-unsaturated/α-hetero) is 1. The van der Waals surface area contributed by atoms with Crippen LogP contribution < -0.4 is 0 Å². The topological polar surface area (TPSA) is 29.5 Å². The summed E-state index contributed by atoms with van der Waals surface area (Å²) in [5.41, 5.74) is 3.42. The second kappa shape index (κ2) is 11.7. The van der Waals surface area contributed by atoms with Gasteiger partial charge in [0, 0.05) is 19.7 Å². The molecule has 0 bridgehead atoms. The molecule has 3 rings (SSSR count). The normalized spacial score (nSPS) is 14.8. The van der Waals surface area contributed by atoms with E-state index in [1.807, 2.05) is 12.1 Å². The maximum absolute atomic E-state index is 13.4.